The molecule has 0 aliphatic carbocycles. The molecule has 136 valence electrons. The molecule has 24 heavy (non-hydrogen) atoms. The van der Waals surface area contributed by atoms with Gasteiger partial charge in [0, 0.05) is 12.0 Å². The van der Waals surface area contributed by atoms with Crippen molar-refractivity contribution < 1.29 is 9.90 Å². The van der Waals surface area contributed by atoms with Crippen LogP contribution in [0.5, 0.6) is 0 Å². The average Bonchev–Trinajstić information content (AvgIpc) is 2.48. The Labute approximate surface area is 148 Å². The number of ketones is 1. The molecule has 2 heteroatoms. The third kappa shape index (κ3) is 5.73. The van der Waals surface area contributed by atoms with Gasteiger partial charge in [-0.2, -0.15) is 0 Å². The Bertz CT molecular complexity index is 505. The number of hydrogen-bond donors (Lipinski definition) is 1. The minimum atomic E-state index is -0.474. The van der Waals surface area contributed by atoms with Crippen molar-refractivity contribution in [3.8, 4) is 0 Å². The summed E-state index contributed by atoms with van der Waals surface area (Å²) in [5.41, 5.74) is 0.636. The fourth-order valence-corrected chi connectivity index (χ4v) is 3.59. The Morgan fingerprint density at radius 3 is 1.88 bits per heavy atom. The predicted molar refractivity (Wildman–Crippen MR) is 102 cm³/mol. The van der Waals surface area contributed by atoms with Crippen molar-refractivity contribution in [2.75, 3.05) is 0 Å². The SMILES string of the molecule is CCCC(C(O)C(CC(=O)c1ccccc1)C(C)(C)C)C(C)(C)C. The first-order valence-electron chi connectivity index (χ1n) is 9.24. The third-order valence-electron chi connectivity index (χ3n) is 5.15. The Morgan fingerprint density at radius 1 is 0.958 bits per heavy atom. The van der Waals surface area contributed by atoms with E-state index in [2.05, 4.69) is 48.5 Å². The topological polar surface area (TPSA) is 37.3 Å². The normalized spacial score (nSPS) is 16.5. The molecule has 0 aliphatic rings. The number of carbonyl (C=O) groups is 1. The van der Waals surface area contributed by atoms with Crippen molar-refractivity contribution in [2.24, 2.45) is 22.7 Å². The Kier molecular flexibility index (Phi) is 7.22. The molecular weight excluding hydrogens is 296 g/mol. The second kappa shape index (κ2) is 8.29. The van der Waals surface area contributed by atoms with Crippen LogP contribution >= 0.6 is 0 Å². The van der Waals surface area contributed by atoms with Gasteiger partial charge >= 0.3 is 0 Å². The van der Waals surface area contributed by atoms with Gasteiger partial charge in [0.25, 0.3) is 0 Å². The zero-order valence-corrected chi connectivity index (χ0v) is 16.6. The Morgan fingerprint density at radius 2 is 1.46 bits per heavy atom. The standard InChI is InChI=1S/C22H36O2/c1-8-12-17(21(2,3)4)20(24)18(22(5,6)7)15-19(23)16-13-10-9-11-14-16/h9-11,13-14,17-18,20,24H,8,12,15H2,1-7H3. The molecule has 2 nitrogen and oxygen atoms in total. The average molecular weight is 333 g/mol. The largest absolute Gasteiger partial charge is 0.392 e. The summed E-state index contributed by atoms with van der Waals surface area (Å²) in [6.07, 6.45) is 1.95. The van der Waals surface area contributed by atoms with Gasteiger partial charge in [-0.25, -0.2) is 0 Å². The van der Waals surface area contributed by atoms with Crippen LogP contribution in [0.25, 0.3) is 0 Å². The fraction of sp³-hybridized carbons (Fsp3) is 0.682. The molecular formula is C22H36O2. The van der Waals surface area contributed by atoms with Crippen LogP contribution in [-0.4, -0.2) is 17.0 Å². The van der Waals surface area contributed by atoms with E-state index in [1.54, 1.807) is 0 Å². The zero-order valence-electron chi connectivity index (χ0n) is 16.6. The number of aliphatic hydroxyl groups excluding tert-OH is 1. The number of aliphatic hydroxyl groups is 1. The van der Waals surface area contributed by atoms with Crippen molar-refractivity contribution in [1.29, 1.82) is 0 Å². The number of hydrogen-bond acceptors (Lipinski definition) is 2. The van der Waals surface area contributed by atoms with Gasteiger partial charge in [-0.05, 0) is 29.1 Å². The molecule has 0 saturated carbocycles. The highest BCUT2D eigenvalue weighted by molar-refractivity contribution is 5.96. The maximum absolute atomic E-state index is 12.7. The molecule has 1 aromatic rings. The van der Waals surface area contributed by atoms with Crippen LogP contribution < -0.4 is 0 Å². The lowest BCUT2D eigenvalue weighted by Crippen LogP contribution is -2.43. The van der Waals surface area contributed by atoms with E-state index in [0.717, 1.165) is 18.4 Å². The Hall–Kier alpha value is -1.15. The highest BCUT2D eigenvalue weighted by Crippen LogP contribution is 2.42. The summed E-state index contributed by atoms with van der Waals surface area (Å²) < 4.78 is 0. The van der Waals surface area contributed by atoms with E-state index in [1.165, 1.54) is 0 Å². The lowest BCUT2D eigenvalue weighted by atomic mass is 9.65. The molecule has 0 spiro atoms. The van der Waals surface area contributed by atoms with E-state index in [9.17, 15) is 9.90 Å². The molecule has 0 radical (unpaired) electrons. The second-order valence-electron chi connectivity index (χ2n) is 9.22. The van der Waals surface area contributed by atoms with Gasteiger partial charge in [0.05, 0.1) is 6.10 Å². The summed E-state index contributed by atoms with van der Waals surface area (Å²) in [5.74, 6) is 0.259. The van der Waals surface area contributed by atoms with E-state index in [1.807, 2.05) is 30.3 Å². The highest BCUT2D eigenvalue weighted by Gasteiger charge is 2.40. The lowest BCUT2D eigenvalue weighted by Gasteiger charge is -2.43. The van der Waals surface area contributed by atoms with E-state index < -0.39 is 6.10 Å². The maximum atomic E-state index is 12.7. The van der Waals surface area contributed by atoms with E-state index in [-0.39, 0.29) is 28.4 Å². The molecule has 0 heterocycles. The van der Waals surface area contributed by atoms with Crippen LogP contribution in [-0.2, 0) is 0 Å². The number of benzene rings is 1. The number of carbonyl (C=O) groups excluding carboxylic acids is 1. The first-order chi connectivity index (χ1) is 11.0. The van der Waals surface area contributed by atoms with Crippen LogP contribution in [0.1, 0.15) is 78.1 Å². The molecule has 3 unspecified atom stereocenters. The summed E-state index contributed by atoms with van der Waals surface area (Å²) >= 11 is 0. The number of Topliss-reactive ketones (excluding diaryl/α,β-unsaturated/α-hetero) is 1. The number of rotatable bonds is 7. The molecule has 0 fully saturated rings. The van der Waals surface area contributed by atoms with Gasteiger partial charge in [0.1, 0.15) is 0 Å². The second-order valence-corrected chi connectivity index (χ2v) is 9.22. The van der Waals surface area contributed by atoms with Crippen molar-refractivity contribution in [3.63, 3.8) is 0 Å². The maximum Gasteiger partial charge on any atom is 0.163 e. The summed E-state index contributed by atoms with van der Waals surface area (Å²) in [7, 11) is 0. The summed E-state index contributed by atoms with van der Waals surface area (Å²) in [4.78, 5) is 12.7. The molecule has 3 atom stereocenters. The van der Waals surface area contributed by atoms with Crippen molar-refractivity contribution in [2.45, 2.75) is 73.8 Å². The van der Waals surface area contributed by atoms with E-state index in [4.69, 9.17) is 0 Å². The van der Waals surface area contributed by atoms with E-state index in [0.29, 0.717) is 6.42 Å². The minimum absolute atomic E-state index is 0.0225. The molecule has 1 aromatic carbocycles. The van der Waals surface area contributed by atoms with Crippen molar-refractivity contribution in [1.82, 2.24) is 0 Å². The van der Waals surface area contributed by atoms with E-state index >= 15 is 0 Å². The van der Waals surface area contributed by atoms with Gasteiger partial charge in [0.15, 0.2) is 5.78 Å². The van der Waals surface area contributed by atoms with Crippen LogP contribution in [0.2, 0.25) is 0 Å². The van der Waals surface area contributed by atoms with Crippen molar-refractivity contribution >= 4 is 5.78 Å². The summed E-state index contributed by atoms with van der Waals surface area (Å²) in [5, 5.41) is 11.2. The van der Waals surface area contributed by atoms with Crippen LogP contribution in [0.4, 0.5) is 0 Å². The van der Waals surface area contributed by atoms with Crippen molar-refractivity contribution in [3.05, 3.63) is 35.9 Å². The van der Waals surface area contributed by atoms with Gasteiger partial charge in [-0.1, -0.05) is 85.2 Å². The summed E-state index contributed by atoms with van der Waals surface area (Å²) in [6.45, 7) is 15.1. The van der Waals surface area contributed by atoms with Gasteiger partial charge < -0.3 is 5.11 Å². The third-order valence-corrected chi connectivity index (χ3v) is 5.15. The molecule has 1 N–H and O–H groups in total. The van der Waals surface area contributed by atoms with Crippen LogP contribution in [0, 0.1) is 22.7 Å². The first-order valence-corrected chi connectivity index (χ1v) is 9.24. The van der Waals surface area contributed by atoms with Crippen LogP contribution in [0.3, 0.4) is 0 Å². The first kappa shape index (κ1) is 20.9. The molecule has 0 aromatic heterocycles. The molecule has 0 aliphatic heterocycles. The molecule has 0 amide bonds. The molecule has 0 bridgehead atoms. The fourth-order valence-electron chi connectivity index (χ4n) is 3.59. The van der Waals surface area contributed by atoms with Gasteiger partial charge in [0.2, 0.25) is 0 Å². The van der Waals surface area contributed by atoms with Gasteiger partial charge in [-0.3, -0.25) is 4.79 Å². The quantitative estimate of drug-likeness (QED) is 0.646. The monoisotopic (exact) mass is 332 g/mol. The molecule has 0 saturated heterocycles. The minimum Gasteiger partial charge on any atom is -0.392 e. The smallest absolute Gasteiger partial charge is 0.163 e. The lowest BCUT2D eigenvalue weighted by molar-refractivity contribution is -0.0410. The predicted octanol–water partition coefficient (Wildman–Crippen LogP) is 5.75. The summed E-state index contributed by atoms with van der Waals surface area (Å²) in [6, 6.07) is 9.43. The Balaban J connectivity index is 3.06. The van der Waals surface area contributed by atoms with Gasteiger partial charge in [-0.15, -0.1) is 0 Å². The van der Waals surface area contributed by atoms with Crippen LogP contribution in [0.15, 0.2) is 30.3 Å². The molecule has 1 rings (SSSR count). The highest BCUT2D eigenvalue weighted by atomic mass is 16.3. The zero-order chi connectivity index (χ0) is 18.5.